The SMILES string of the molecule is Cc1cccc(OC2CN(C(=O)c3cnc4c(c3)ncn4Cc3cccnc3)C2)c1. The molecule has 5 rings (SSSR count). The number of aromatic nitrogens is 4. The number of rotatable bonds is 5. The van der Waals surface area contributed by atoms with Crippen LogP contribution in [0.2, 0.25) is 0 Å². The van der Waals surface area contributed by atoms with E-state index in [4.69, 9.17) is 4.74 Å². The first-order valence-electron chi connectivity index (χ1n) is 9.88. The third-order valence-corrected chi connectivity index (χ3v) is 5.21. The number of hydrogen-bond acceptors (Lipinski definition) is 5. The maximum absolute atomic E-state index is 12.8. The van der Waals surface area contributed by atoms with E-state index in [1.54, 1.807) is 29.7 Å². The van der Waals surface area contributed by atoms with Crippen LogP contribution in [0.1, 0.15) is 21.5 Å². The number of hydrogen-bond donors (Lipinski definition) is 0. The molecule has 3 aromatic heterocycles. The van der Waals surface area contributed by atoms with E-state index < -0.39 is 0 Å². The van der Waals surface area contributed by atoms with Crippen LogP contribution in [0.25, 0.3) is 11.2 Å². The molecule has 7 heteroatoms. The Balaban J connectivity index is 1.25. The van der Waals surface area contributed by atoms with Crippen molar-refractivity contribution in [2.45, 2.75) is 19.6 Å². The second kappa shape index (κ2) is 7.59. The maximum atomic E-state index is 12.8. The minimum absolute atomic E-state index is 0.0196. The van der Waals surface area contributed by atoms with E-state index in [1.165, 1.54) is 0 Å². The fourth-order valence-corrected chi connectivity index (χ4v) is 3.61. The molecule has 0 unspecified atom stereocenters. The lowest BCUT2D eigenvalue weighted by molar-refractivity contribution is 0.0177. The van der Waals surface area contributed by atoms with Crippen molar-refractivity contribution < 1.29 is 9.53 Å². The molecule has 30 heavy (non-hydrogen) atoms. The van der Waals surface area contributed by atoms with Crippen molar-refractivity contribution in [1.29, 1.82) is 0 Å². The molecule has 0 saturated carbocycles. The first-order chi connectivity index (χ1) is 14.7. The van der Waals surface area contributed by atoms with Crippen LogP contribution in [0.5, 0.6) is 5.75 Å². The Hall–Kier alpha value is -3.74. The standard InChI is InChI=1S/C23H21N5O2/c1-16-4-2-6-19(8-16)30-20-13-27(14-20)23(29)18-9-21-22(25-11-18)28(15-26-21)12-17-5-3-7-24-10-17/h2-11,15,20H,12-14H2,1H3. The number of nitrogens with zero attached hydrogens (tertiary/aromatic N) is 5. The monoisotopic (exact) mass is 399 g/mol. The third-order valence-electron chi connectivity index (χ3n) is 5.21. The highest BCUT2D eigenvalue weighted by molar-refractivity contribution is 5.96. The summed E-state index contributed by atoms with van der Waals surface area (Å²) in [4.78, 5) is 27.6. The van der Waals surface area contributed by atoms with Crippen molar-refractivity contribution >= 4 is 17.1 Å². The Morgan fingerprint density at radius 1 is 1.13 bits per heavy atom. The van der Waals surface area contributed by atoms with Gasteiger partial charge < -0.3 is 14.2 Å². The molecule has 1 aliphatic rings. The highest BCUT2D eigenvalue weighted by Crippen LogP contribution is 2.22. The van der Waals surface area contributed by atoms with Gasteiger partial charge in [-0.15, -0.1) is 0 Å². The van der Waals surface area contributed by atoms with Gasteiger partial charge in [0.2, 0.25) is 0 Å². The fraction of sp³-hybridized carbons (Fsp3) is 0.217. The van der Waals surface area contributed by atoms with Crippen LogP contribution in [0.4, 0.5) is 0 Å². The molecule has 1 saturated heterocycles. The van der Waals surface area contributed by atoms with Gasteiger partial charge in [-0.1, -0.05) is 18.2 Å². The molecule has 4 heterocycles. The number of carbonyl (C=O) groups excluding carboxylic acids is 1. The number of carbonyl (C=O) groups is 1. The number of benzene rings is 1. The van der Waals surface area contributed by atoms with Crippen molar-refractivity contribution in [3.8, 4) is 5.75 Å². The van der Waals surface area contributed by atoms with Gasteiger partial charge in [0.25, 0.3) is 5.91 Å². The van der Waals surface area contributed by atoms with Crippen LogP contribution in [-0.4, -0.2) is 49.5 Å². The van der Waals surface area contributed by atoms with E-state index in [1.807, 2.05) is 54.1 Å². The van der Waals surface area contributed by atoms with E-state index in [9.17, 15) is 4.79 Å². The number of ether oxygens (including phenoxy) is 1. The molecule has 1 amide bonds. The Labute approximate surface area is 174 Å². The molecule has 7 nitrogen and oxygen atoms in total. The maximum Gasteiger partial charge on any atom is 0.255 e. The molecule has 0 spiro atoms. The molecule has 4 aromatic rings. The number of likely N-dealkylation sites (tertiary alicyclic amines) is 1. The summed E-state index contributed by atoms with van der Waals surface area (Å²) in [5.74, 6) is 0.796. The van der Waals surface area contributed by atoms with E-state index in [0.717, 1.165) is 22.5 Å². The van der Waals surface area contributed by atoms with Crippen LogP contribution in [0, 0.1) is 6.92 Å². The second-order valence-electron chi connectivity index (χ2n) is 7.57. The average molecular weight is 399 g/mol. The minimum atomic E-state index is -0.0460. The summed E-state index contributed by atoms with van der Waals surface area (Å²) in [6.45, 7) is 3.81. The number of amides is 1. The Morgan fingerprint density at radius 3 is 2.83 bits per heavy atom. The lowest BCUT2D eigenvalue weighted by Gasteiger charge is -2.39. The van der Waals surface area contributed by atoms with E-state index in [2.05, 4.69) is 15.0 Å². The zero-order valence-electron chi connectivity index (χ0n) is 16.6. The highest BCUT2D eigenvalue weighted by atomic mass is 16.5. The lowest BCUT2D eigenvalue weighted by atomic mass is 10.1. The van der Waals surface area contributed by atoms with Gasteiger partial charge >= 0.3 is 0 Å². The Kier molecular flexibility index (Phi) is 4.63. The molecule has 0 radical (unpaired) electrons. The normalized spacial score (nSPS) is 14.0. The Bertz CT molecular complexity index is 1200. The molecule has 1 fully saturated rings. The molecule has 0 N–H and O–H groups in total. The van der Waals surface area contributed by atoms with Crippen molar-refractivity contribution in [3.63, 3.8) is 0 Å². The van der Waals surface area contributed by atoms with Crippen LogP contribution >= 0.6 is 0 Å². The summed E-state index contributed by atoms with van der Waals surface area (Å²) in [7, 11) is 0. The molecule has 1 aliphatic heterocycles. The predicted octanol–water partition coefficient (Wildman–Crippen LogP) is 3.09. The van der Waals surface area contributed by atoms with Crippen molar-refractivity contribution in [2.75, 3.05) is 13.1 Å². The van der Waals surface area contributed by atoms with Gasteiger partial charge in [-0.05, 0) is 42.3 Å². The summed E-state index contributed by atoms with van der Waals surface area (Å²) in [6.07, 6.45) is 6.96. The molecule has 0 atom stereocenters. The fourth-order valence-electron chi connectivity index (χ4n) is 3.61. The van der Waals surface area contributed by atoms with Crippen LogP contribution in [-0.2, 0) is 6.54 Å². The summed E-state index contributed by atoms with van der Waals surface area (Å²) in [5, 5.41) is 0. The highest BCUT2D eigenvalue weighted by Gasteiger charge is 2.33. The summed E-state index contributed by atoms with van der Waals surface area (Å²) in [6, 6.07) is 13.7. The van der Waals surface area contributed by atoms with E-state index in [0.29, 0.717) is 30.7 Å². The molecular weight excluding hydrogens is 378 g/mol. The number of imidazole rings is 1. The van der Waals surface area contributed by atoms with Crippen molar-refractivity contribution in [2.24, 2.45) is 0 Å². The topological polar surface area (TPSA) is 73.1 Å². The van der Waals surface area contributed by atoms with Gasteiger partial charge in [-0.2, -0.15) is 0 Å². The molecule has 1 aromatic carbocycles. The van der Waals surface area contributed by atoms with Gasteiger partial charge in [0.1, 0.15) is 17.4 Å². The largest absolute Gasteiger partial charge is 0.487 e. The summed E-state index contributed by atoms with van der Waals surface area (Å²) >= 11 is 0. The van der Waals surface area contributed by atoms with Gasteiger partial charge in [0.05, 0.1) is 31.5 Å². The molecule has 0 aliphatic carbocycles. The zero-order chi connectivity index (χ0) is 20.5. The number of aryl methyl sites for hydroxylation is 1. The molecular formula is C23H21N5O2. The van der Waals surface area contributed by atoms with Crippen molar-refractivity contribution in [3.05, 3.63) is 84.1 Å². The van der Waals surface area contributed by atoms with Crippen LogP contribution in [0.3, 0.4) is 0 Å². The quantitative estimate of drug-likeness (QED) is 0.516. The lowest BCUT2D eigenvalue weighted by Crippen LogP contribution is -2.56. The third kappa shape index (κ3) is 3.61. The first kappa shape index (κ1) is 18.3. The average Bonchev–Trinajstić information content (AvgIpc) is 3.13. The number of pyridine rings is 2. The zero-order valence-corrected chi connectivity index (χ0v) is 16.6. The summed E-state index contributed by atoms with van der Waals surface area (Å²) < 4.78 is 7.90. The van der Waals surface area contributed by atoms with Gasteiger partial charge in [-0.3, -0.25) is 9.78 Å². The Morgan fingerprint density at radius 2 is 2.03 bits per heavy atom. The number of fused-ring (bicyclic) bond motifs is 1. The van der Waals surface area contributed by atoms with Crippen molar-refractivity contribution in [1.82, 2.24) is 24.4 Å². The predicted molar refractivity (Wildman–Crippen MR) is 112 cm³/mol. The first-order valence-corrected chi connectivity index (χ1v) is 9.88. The smallest absolute Gasteiger partial charge is 0.255 e. The van der Waals surface area contributed by atoms with Crippen LogP contribution in [0.15, 0.2) is 67.4 Å². The summed E-state index contributed by atoms with van der Waals surface area (Å²) in [5.41, 5.74) is 4.22. The molecule has 0 bridgehead atoms. The second-order valence-corrected chi connectivity index (χ2v) is 7.57. The van der Waals surface area contributed by atoms with E-state index >= 15 is 0 Å². The minimum Gasteiger partial charge on any atom is -0.487 e. The molecule has 150 valence electrons. The van der Waals surface area contributed by atoms with E-state index in [-0.39, 0.29) is 12.0 Å². The van der Waals surface area contributed by atoms with Crippen LogP contribution < -0.4 is 4.74 Å². The van der Waals surface area contributed by atoms with Gasteiger partial charge in [0, 0.05) is 18.6 Å². The van der Waals surface area contributed by atoms with Gasteiger partial charge in [0.15, 0.2) is 5.65 Å². The van der Waals surface area contributed by atoms with Gasteiger partial charge in [-0.25, -0.2) is 9.97 Å².